The van der Waals surface area contributed by atoms with Gasteiger partial charge in [-0.2, -0.15) is 0 Å². The van der Waals surface area contributed by atoms with Crippen LogP contribution in [0.5, 0.6) is 0 Å². The Balaban J connectivity index is 1.73. The Hall–Kier alpha value is -0.830. The fourth-order valence-corrected chi connectivity index (χ4v) is 6.68. The first-order valence-electron chi connectivity index (χ1n) is 12.3. The molecule has 0 aliphatic heterocycles. The Morgan fingerprint density at radius 2 is 1.62 bits per heavy atom. The van der Waals surface area contributed by atoms with Crippen LogP contribution in [0.15, 0.2) is 17.5 Å². The second-order valence-electron chi connectivity index (χ2n) is 9.04. The van der Waals surface area contributed by atoms with Gasteiger partial charge in [0.2, 0.25) is 0 Å². The third kappa shape index (κ3) is 7.12. The molecule has 0 radical (unpaired) electrons. The maximum Gasteiger partial charge on any atom is 0.305 e. The molecule has 1 fully saturated rings. The van der Waals surface area contributed by atoms with Crippen molar-refractivity contribution in [1.82, 2.24) is 0 Å². The molecular formula is C26H44O2S. The summed E-state index contributed by atoms with van der Waals surface area (Å²) in [4.78, 5) is 13.1. The van der Waals surface area contributed by atoms with Gasteiger partial charge in [0, 0.05) is 16.7 Å². The van der Waals surface area contributed by atoms with Crippen LogP contribution in [0, 0.1) is 11.8 Å². The number of carbonyl (C=O) groups excluding carboxylic acids is 1. The molecule has 1 aliphatic carbocycles. The molecule has 3 heteroatoms. The van der Waals surface area contributed by atoms with Crippen molar-refractivity contribution in [1.29, 1.82) is 0 Å². The van der Waals surface area contributed by atoms with Crippen molar-refractivity contribution < 1.29 is 9.53 Å². The number of thiophene rings is 1. The highest BCUT2D eigenvalue weighted by Gasteiger charge is 2.63. The molecule has 3 atom stereocenters. The van der Waals surface area contributed by atoms with Crippen LogP contribution >= 0.6 is 11.3 Å². The average Bonchev–Trinajstić information content (AvgIpc) is 3.06. The minimum absolute atomic E-state index is 0.0636. The van der Waals surface area contributed by atoms with Gasteiger partial charge in [-0.3, -0.25) is 4.79 Å². The van der Waals surface area contributed by atoms with E-state index in [0.29, 0.717) is 11.8 Å². The highest BCUT2D eigenvalue weighted by molar-refractivity contribution is 7.10. The molecule has 0 bridgehead atoms. The van der Waals surface area contributed by atoms with Gasteiger partial charge in [0.05, 0.1) is 7.11 Å². The van der Waals surface area contributed by atoms with Crippen LogP contribution in [0.2, 0.25) is 0 Å². The van der Waals surface area contributed by atoms with Crippen LogP contribution in [0.25, 0.3) is 0 Å². The normalized spacial score (nSPS) is 23.3. The van der Waals surface area contributed by atoms with Crippen molar-refractivity contribution in [2.75, 3.05) is 7.11 Å². The van der Waals surface area contributed by atoms with E-state index in [4.69, 9.17) is 4.74 Å². The number of hydrogen-bond donors (Lipinski definition) is 0. The zero-order valence-corrected chi connectivity index (χ0v) is 20.0. The van der Waals surface area contributed by atoms with E-state index in [-0.39, 0.29) is 5.97 Å². The Morgan fingerprint density at radius 1 is 0.966 bits per heavy atom. The highest BCUT2D eigenvalue weighted by Crippen LogP contribution is 2.67. The fourth-order valence-electron chi connectivity index (χ4n) is 5.59. The van der Waals surface area contributed by atoms with Crippen molar-refractivity contribution in [2.45, 2.75) is 116 Å². The lowest BCUT2D eigenvalue weighted by Gasteiger charge is -2.17. The van der Waals surface area contributed by atoms with Gasteiger partial charge < -0.3 is 4.74 Å². The third-order valence-corrected chi connectivity index (χ3v) is 8.25. The molecule has 1 aliphatic rings. The van der Waals surface area contributed by atoms with Crippen LogP contribution in [0.4, 0.5) is 0 Å². The molecular weight excluding hydrogens is 376 g/mol. The first-order chi connectivity index (χ1) is 14.2. The van der Waals surface area contributed by atoms with Crippen LogP contribution in [-0.4, -0.2) is 13.1 Å². The Bertz CT molecular complexity index is 553. The molecule has 0 saturated heterocycles. The van der Waals surface area contributed by atoms with Gasteiger partial charge in [0.25, 0.3) is 0 Å². The molecule has 29 heavy (non-hydrogen) atoms. The Labute approximate surface area is 183 Å². The standard InChI is InChI=1S/C26H44O2S/c1-4-6-7-8-9-10-11-12-13-14-17-23-22(5-2)26(23,24-18-16-21-29-24)20-15-19-25(27)28-3/h16,18,21-23H,4-15,17,19-20H2,1-3H3. The van der Waals surface area contributed by atoms with Crippen LogP contribution in [-0.2, 0) is 14.9 Å². The number of esters is 1. The van der Waals surface area contributed by atoms with Gasteiger partial charge >= 0.3 is 5.97 Å². The van der Waals surface area contributed by atoms with Gasteiger partial charge in [-0.25, -0.2) is 0 Å². The molecule has 3 unspecified atom stereocenters. The summed E-state index contributed by atoms with van der Waals surface area (Å²) in [6, 6.07) is 4.54. The molecule has 2 rings (SSSR count). The molecule has 1 saturated carbocycles. The summed E-state index contributed by atoms with van der Waals surface area (Å²) in [5.74, 6) is 1.56. The SMILES string of the molecule is CCCCCCCCCCCCC1C(CC)C1(CCCC(=O)OC)c1cccs1. The summed E-state index contributed by atoms with van der Waals surface area (Å²) in [7, 11) is 1.50. The summed E-state index contributed by atoms with van der Waals surface area (Å²) in [5.41, 5.74) is 0.343. The number of hydrogen-bond acceptors (Lipinski definition) is 3. The first-order valence-corrected chi connectivity index (χ1v) is 13.2. The monoisotopic (exact) mass is 420 g/mol. The lowest BCUT2D eigenvalue weighted by atomic mass is 9.90. The summed E-state index contributed by atoms with van der Waals surface area (Å²) in [6.45, 7) is 4.64. The second-order valence-corrected chi connectivity index (χ2v) is 9.99. The van der Waals surface area contributed by atoms with Crippen molar-refractivity contribution in [3.8, 4) is 0 Å². The van der Waals surface area contributed by atoms with Gasteiger partial charge in [-0.15, -0.1) is 11.3 Å². The summed E-state index contributed by atoms with van der Waals surface area (Å²) < 4.78 is 4.86. The van der Waals surface area contributed by atoms with E-state index in [1.165, 1.54) is 84.2 Å². The molecule has 1 heterocycles. The van der Waals surface area contributed by atoms with Crippen molar-refractivity contribution in [3.63, 3.8) is 0 Å². The van der Waals surface area contributed by atoms with Crippen LogP contribution in [0.3, 0.4) is 0 Å². The molecule has 0 spiro atoms. The molecule has 2 nitrogen and oxygen atoms in total. The summed E-state index contributed by atoms with van der Waals surface area (Å²) in [5, 5.41) is 2.22. The second kappa shape index (κ2) is 13.5. The Kier molecular flexibility index (Phi) is 11.4. The van der Waals surface area contributed by atoms with Crippen molar-refractivity contribution in [2.24, 2.45) is 11.8 Å². The van der Waals surface area contributed by atoms with Gasteiger partial charge in [0.1, 0.15) is 0 Å². The number of carbonyl (C=O) groups is 1. The van der Waals surface area contributed by atoms with Crippen molar-refractivity contribution >= 4 is 17.3 Å². The van der Waals surface area contributed by atoms with E-state index < -0.39 is 0 Å². The zero-order valence-electron chi connectivity index (χ0n) is 19.2. The lowest BCUT2D eigenvalue weighted by Crippen LogP contribution is -2.12. The third-order valence-electron chi connectivity index (χ3n) is 7.19. The maximum atomic E-state index is 11.6. The predicted molar refractivity (Wildman–Crippen MR) is 126 cm³/mol. The van der Waals surface area contributed by atoms with Gasteiger partial charge in [-0.1, -0.05) is 90.5 Å². The van der Waals surface area contributed by atoms with Gasteiger partial charge in [-0.05, 0) is 42.5 Å². The smallest absolute Gasteiger partial charge is 0.305 e. The van der Waals surface area contributed by atoms with E-state index in [9.17, 15) is 4.79 Å². The molecule has 0 aromatic carbocycles. The van der Waals surface area contributed by atoms with E-state index in [1.54, 1.807) is 4.88 Å². The number of ether oxygens (including phenoxy) is 1. The largest absolute Gasteiger partial charge is 0.469 e. The predicted octanol–water partition coefficient (Wildman–Crippen LogP) is 8.30. The molecule has 1 aromatic heterocycles. The zero-order chi connectivity index (χ0) is 21.0. The fraction of sp³-hybridized carbons (Fsp3) is 0.808. The van der Waals surface area contributed by atoms with Crippen LogP contribution in [0.1, 0.15) is 115 Å². The molecule has 1 aromatic rings. The topological polar surface area (TPSA) is 26.3 Å². The van der Waals surface area contributed by atoms with E-state index >= 15 is 0 Å². The number of methoxy groups -OCH3 is 1. The lowest BCUT2D eigenvalue weighted by molar-refractivity contribution is -0.140. The first kappa shape index (κ1) is 24.4. The van der Waals surface area contributed by atoms with E-state index in [1.807, 2.05) is 11.3 Å². The number of unbranched alkanes of at least 4 members (excludes halogenated alkanes) is 9. The Morgan fingerprint density at radius 3 is 2.17 bits per heavy atom. The van der Waals surface area contributed by atoms with Gasteiger partial charge in [0.15, 0.2) is 0 Å². The summed E-state index contributed by atoms with van der Waals surface area (Å²) >= 11 is 1.92. The number of rotatable bonds is 17. The summed E-state index contributed by atoms with van der Waals surface area (Å²) in [6.07, 6.45) is 19.4. The molecule has 166 valence electrons. The average molecular weight is 421 g/mol. The van der Waals surface area contributed by atoms with Crippen LogP contribution < -0.4 is 0 Å². The quantitative estimate of drug-likeness (QED) is 0.187. The van der Waals surface area contributed by atoms with E-state index in [2.05, 4.69) is 31.4 Å². The minimum Gasteiger partial charge on any atom is -0.469 e. The molecule has 0 N–H and O–H groups in total. The molecule has 0 amide bonds. The van der Waals surface area contributed by atoms with E-state index in [0.717, 1.165) is 24.7 Å². The van der Waals surface area contributed by atoms with Crippen molar-refractivity contribution in [3.05, 3.63) is 22.4 Å². The minimum atomic E-state index is -0.0636. The maximum absolute atomic E-state index is 11.6. The highest BCUT2D eigenvalue weighted by atomic mass is 32.1.